The van der Waals surface area contributed by atoms with E-state index in [1.807, 2.05) is 36.4 Å². The van der Waals surface area contributed by atoms with E-state index in [1.165, 1.54) is 0 Å². The molecule has 4 aromatic rings. The van der Waals surface area contributed by atoms with E-state index >= 15 is 0 Å². The van der Waals surface area contributed by atoms with Crippen LogP contribution in [0.1, 0.15) is 18.4 Å². The molecule has 0 aliphatic carbocycles. The molecule has 0 spiro atoms. The first-order valence-electron chi connectivity index (χ1n) is 10.2. The Bertz CT molecular complexity index is 1260. The van der Waals surface area contributed by atoms with Crippen molar-refractivity contribution in [2.75, 3.05) is 23.3 Å². The van der Waals surface area contributed by atoms with Crippen molar-refractivity contribution in [1.29, 1.82) is 0 Å². The molecule has 1 saturated heterocycles. The zero-order chi connectivity index (χ0) is 21.4. The Labute approximate surface area is 183 Å². The van der Waals surface area contributed by atoms with Crippen LogP contribution >= 0.6 is 11.6 Å². The van der Waals surface area contributed by atoms with Gasteiger partial charge in [-0.3, -0.25) is 4.79 Å². The van der Waals surface area contributed by atoms with Crippen LogP contribution in [0.15, 0.2) is 53.1 Å². The van der Waals surface area contributed by atoms with Crippen LogP contribution in [0.4, 0.5) is 11.8 Å². The number of aromatic nitrogens is 2. The minimum atomic E-state index is -0.731. The summed E-state index contributed by atoms with van der Waals surface area (Å²) in [6.07, 6.45) is 2.86. The van der Waals surface area contributed by atoms with Crippen LogP contribution in [-0.4, -0.2) is 34.1 Å². The van der Waals surface area contributed by atoms with E-state index in [0.717, 1.165) is 27.4 Å². The second kappa shape index (κ2) is 8.07. The molecular weight excluding hydrogens is 416 g/mol. The molecule has 3 heterocycles. The lowest BCUT2D eigenvalue weighted by atomic mass is 9.97. The Balaban J connectivity index is 1.44. The first-order chi connectivity index (χ1) is 15.1. The van der Waals surface area contributed by atoms with Gasteiger partial charge in [0.15, 0.2) is 0 Å². The maximum absolute atomic E-state index is 11.3. The Morgan fingerprint density at radius 3 is 2.81 bits per heavy atom. The summed E-state index contributed by atoms with van der Waals surface area (Å²) in [6, 6.07) is 13.6. The van der Waals surface area contributed by atoms with Gasteiger partial charge in [-0.15, -0.1) is 0 Å². The third-order valence-electron chi connectivity index (χ3n) is 5.75. The number of carboxylic acids is 1. The van der Waals surface area contributed by atoms with Gasteiger partial charge in [-0.1, -0.05) is 17.7 Å². The van der Waals surface area contributed by atoms with Gasteiger partial charge in [-0.25, -0.2) is 4.98 Å². The number of carbonyl (C=O) groups is 1. The number of fused-ring (bicyclic) bond motifs is 2. The first kappa shape index (κ1) is 19.6. The number of furan rings is 1. The summed E-state index contributed by atoms with van der Waals surface area (Å²) in [5, 5.41) is 15.2. The first-order valence-corrected chi connectivity index (χ1v) is 10.6. The van der Waals surface area contributed by atoms with Crippen molar-refractivity contribution in [1.82, 2.24) is 9.97 Å². The van der Waals surface area contributed by atoms with Crippen LogP contribution in [0.2, 0.25) is 5.02 Å². The molecule has 2 aromatic heterocycles. The van der Waals surface area contributed by atoms with E-state index in [-0.39, 0.29) is 5.92 Å². The third kappa shape index (κ3) is 4.01. The Kier molecular flexibility index (Phi) is 5.11. The van der Waals surface area contributed by atoms with Crippen LogP contribution in [0, 0.1) is 5.92 Å². The number of piperidine rings is 1. The smallest absolute Gasteiger partial charge is 0.306 e. The number of rotatable bonds is 5. The number of aliphatic carboxylic acids is 1. The van der Waals surface area contributed by atoms with Crippen molar-refractivity contribution in [2.45, 2.75) is 19.4 Å². The van der Waals surface area contributed by atoms with Crippen molar-refractivity contribution in [2.24, 2.45) is 5.92 Å². The van der Waals surface area contributed by atoms with Crippen LogP contribution in [0.3, 0.4) is 0 Å². The molecule has 2 aromatic carbocycles. The van der Waals surface area contributed by atoms with E-state index in [9.17, 15) is 9.90 Å². The van der Waals surface area contributed by atoms with Crippen molar-refractivity contribution in [3.05, 3.63) is 59.3 Å². The SMILES string of the molecule is O=C(O)C1CCN(c2nc(NCc3ccc4occc4c3)c3cc(Cl)ccc3n2)CC1. The number of hydrogen-bond acceptors (Lipinski definition) is 6. The molecule has 1 aliphatic rings. The van der Waals surface area contributed by atoms with Gasteiger partial charge < -0.3 is 19.7 Å². The molecule has 7 nitrogen and oxygen atoms in total. The van der Waals surface area contributed by atoms with Gasteiger partial charge in [0.25, 0.3) is 0 Å². The molecule has 0 bridgehead atoms. The number of hydrogen-bond donors (Lipinski definition) is 2. The molecule has 0 atom stereocenters. The van der Waals surface area contributed by atoms with Gasteiger partial charge in [0, 0.05) is 35.4 Å². The van der Waals surface area contributed by atoms with E-state index in [4.69, 9.17) is 26.0 Å². The molecule has 1 aliphatic heterocycles. The van der Waals surface area contributed by atoms with E-state index in [0.29, 0.717) is 49.3 Å². The van der Waals surface area contributed by atoms with Crippen molar-refractivity contribution >= 4 is 51.2 Å². The fourth-order valence-corrected chi connectivity index (χ4v) is 4.17. The summed E-state index contributed by atoms with van der Waals surface area (Å²) in [4.78, 5) is 22.8. The van der Waals surface area contributed by atoms with Crippen molar-refractivity contribution in [3.8, 4) is 0 Å². The largest absolute Gasteiger partial charge is 0.481 e. The lowest BCUT2D eigenvalue weighted by molar-refractivity contribution is -0.142. The van der Waals surface area contributed by atoms with Gasteiger partial charge in [-0.2, -0.15) is 4.98 Å². The summed E-state index contributed by atoms with van der Waals surface area (Å²) in [5.41, 5.74) is 2.75. The van der Waals surface area contributed by atoms with Crippen LogP contribution < -0.4 is 10.2 Å². The molecule has 31 heavy (non-hydrogen) atoms. The Morgan fingerprint density at radius 1 is 1.16 bits per heavy atom. The number of benzene rings is 2. The molecule has 5 rings (SSSR count). The number of nitrogens with zero attached hydrogens (tertiary/aromatic N) is 3. The zero-order valence-corrected chi connectivity index (χ0v) is 17.5. The average molecular weight is 437 g/mol. The van der Waals surface area contributed by atoms with Gasteiger partial charge in [0.2, 0.25) is 5.95 Å². The molecule has 0 saturated carbocycles. The van der Waals surface area contributed by atoms with Gasteiger partial charge in [0.05, 0.1) is 17.7 Å². The highest BCUT2D eigenvalue weighted by atomic mass is 35.5. The topological polar surface area (TPSA) is 91.5 Å². The molecule has 0 radical (unpaired) electrons. The molecule has 8 heteroatoms. The maximum Gasteiger partial charge on any atom is 0.306 e. The van der Waals surface area contributed by atoms with Gasteiger partial charge in [-0.05, 0) is 54.8 Å². The minimum Gasteiger partial charge on any atom is -0.481 e. The highest BCUT2D eigenvalue weighted by Gasteiger charge is 2.26. The summed E-state index contributed by atoms with van der Waals surface area (Å²) in [7, 11) is 0. The number of carboxylic acid groups (broad SMARTS) is 1. The quantitative estimate of drug-likeness (QED) is 0.457. The Morgan fingerprint density at radius 2 is 2.00 bits per heavy atom. The summed E-state index contributed by atoms with van der Waals surface area (Å²) >= 11 is 6.24. The fourth-order valence-electron chi connectivity index (χ4n) is 4.00. The molecule has 0 unspecified atom stereocenters. The number of anilines is 2. The molecular formula is C23H21ClN4O3. The number of nitrogens with one attached hydrogen (secondary N) is 1. The average Bonchev–Trinajstić information content (AvgIpc) is 3.25. The van der Waals surface area contributed by atoms with Crippen molar-refractivity contribution < 1.29 is 14.3 Å². The van der Waals surface area contributed by atoms with Crippen LogP contribution in [-0.2, 0) is 11.3 Å². The van der Waals surface area contributed by atoms with E-state index in [1.54, 1.807) is 6.26 Å². The third-order valence-corrected chi connectivity index (χ3v) is 5.98. The van der Waals surface area contributed by atoms with Gasteiger partial charge in [0.1, 0.15) is 11.4 Å². The minimum absolute atomic E-state index is 0.300. The summed E-state index contributed by atoms with van der Waals surface area (Å²) in [6.45, 7) is 1.82. The predicted molar refractivity (Wildman–Crippen MR) is 121 cm³/mol. The molecule has 158 valence electrons. The summed E-state index contributed by atoms with van der Waals surface area (Å²) < 4.78 is 5.41. The monoisotopic (exact) mass is 436 g/mol. The highest BCUT2D eigenvalue weighted by molar-refractivity contribution is 6.31. The maximum atomic E-state index is 11.3. The zero-order valence-electron chi connectivity index (χ0n) is 16.7. The predicted octanol–water partition coefficient (Wildman–Crippen LogP) is 4.94. The van der Waals surface area contributed by atoms with E-state index in [2.05, 4.69) is 16.3 Å². The van der Waals surface area contributed by atoms with Crippen LogP contribution in [0.5, 0.6) is 0 Å². The Hall–Kier alpha value is -3.32. The second-order valence-electron chi connectivity index (χ2n) is 7.78. The van der Waals surface area contributed by atoms with Gasteiger partial charge >= 0.3 is 5.97 Å². The highest BCUT2D eigenvalue weighted by Crippen LogP contribution is 2.29. The lowest BCUT2D eigenvalue weighted by Gasteiger charge is -2.30. The number of halogens is 1. The molecule has 1 fully saturated rings. The fraction of sp³-hybridized carbons (Fsp3) is 0.261. The summed E-state index contributed by atoms with van der Waals surface area (Å²) in [5.74, 6) is 0.276. The van der Waals surface area contributed by atoms with E-state index < -0.39 is 5.97 Å². The normalized spacial score (nSPS) is 14.9. The molecule has 0 amide bonds. The van der Waals surface area contributed by atoms with Crippen molar-refractivity contribution in [3.63, 3.8) is 0 Å². The van der Waals surface area contributed by atoms with Crippen LogP contribution in [0.25, 0.3) is 21.9 Å². The lowest BCUT2D eigenvalue weighted by Crippen LogP contribution is -2.37. The standard InChI is InChI=1S/C23H21ClN4O3/c24-17-2-3-19-18(12-17)21(25-13-14-1-4-20-16(11-14)7-10-31-20)27-23(26-19)28-8-5-15(6-9-28)22(29)30/h1-4,7,10-12,15H,5-6,8-9,13H2,(H,29,30)(H,25,26,27). The molecule has 2 N–H and O–H groups in total. The second-order valence-corrected chi connectivity index (χ2v) is 8.22.